The Morgan fingerprint density at radius 2 is 1.88 bits per heavy atom. The van der Waals surface area contributed by atoms with Crippen LogP contribution in [0.4, 0.5) is 0 Å². The van der Waals surface area contributed by atoms with Crippen LogP contribution in [0.15, 0.2) is 35.3 Å². The summed E-state index contributed by atoms with van der Waals surface area (Å²) >= 11 is 2.12. The van der Waals surface area contributed by atoms with Crippen molar-refractivity contribution in [2.24, 2.45) is 4.99 Å². The molecule has 0 amide bonds. The highest BCUT2D eigenvalue weighted by Gasteiger charge is 2.17. The smallest absolute Gasteiger partial charge is 0.108 e. The average molecular weight is 251 g/mol. The number of hydrogen-bond donors (Lipinski definition) is 0. The first kappa shape index (κ1) is 13.5. The van der Waals surface area contributed by atoms with Gasteiger partial charge in [-0.15, -0.1) is 0 Å². The predicted molar refractivity (Wildman–Crippen MR) is 79.3 cm³/mol. The molecule has 88 valence electrons. The molecule has 0 aliphatic heterocycles. The summed E-state index contributed by atoms with van der Waals surface area (Å²) in [6, 6.07) is 10.3. The van der Waals surface area contributed by atoms with E-state index >= 15 is 0 Å². The van der Waals surface area contributed by atoms with E-state index < -0.39 is 7.22 Å². The Labute approximate surface area is 104 Å². The molecule has 0 fully saturated rings. The standard InChI is InChI=1S/C13H21NSSi/c1-12(15-16(2,3)4)10-14-11-13-8-6-5-7-9-13/h5-9,11-12H,10H2,1-4H3. The first-order valence-electron chi connectivity index (χ1n) is 5.70. The van der Waals surface area contributed by atoms with Gasteiger partial charge in [0.2, 0.25) is 0 Å². The molecule has 16 heavy (non-hydrogen) atoms. The van der Waals surface area contributed by atoms with Gasteiger partial charge in [-0.05, 0) is 5.56 Å². The maximum atomic E-state index is 4.50. The summed E-state index contributed by atoms with van der Waals surface area (Å²) in [7, 11) is -1.01. The third-order valence-electron chi connectivity index (χ3n) is 1.96. The van der Waals surface area contributed by atoms with Gasteiger partial charge in [-0.25, -0.2) is 0 Å². The van der Waals surface area contributed by atoms with Crippen LogP contribution < -0.4 is 0 Å². The summed E-state index contributed by atoms with van der Waals surface area (Å²) in [6.45, 7) is 10.3. The molecule has 0 saturated heterocycles. The highest BCUT2D eigenvalue weighted by atomic mass is 32.4. The Morgan fingerprint density at radius 1 is 1.25 bits per heavy atom. The summed E-state index contributed by atoms with van der Waals surface area (Å²) in [6.07, 6.45) is 1.97. The number of nitrogens with zero attached hydrogens (tertiary/aromatic N) is 1. The molecule has 0 saturated carbocycles. The summed E-state index contributed by atoms with van der Waals surface area (Å²) in [5, 5.41) is 0.631. The van der Waals surface area contributed by atoms with E-state index in [1.807, 2.05) is 24.4 Å². The van der Waals surface area contributed by atoms with Crippen molar-refractivity contribution < 1.29 is 0 Å². The molecule has 0 heterocycles. The van der Waals surface area contributed by atoms with Crippen LogP contribution in [0.3, 0.4) is 0 Å². The van der Waals surface area contributed by atoms with Crippen LogP contribution in [-0.2, 0) is 0 Å². The Morgan fingerprint density at radius 3 is 2.44 bits per heavy atom. The minimum atomic E-state index is -1.01. The Balaban J connectivity index is 2.37. The summed E-state index contributed by atoms with van der Waals surface area (Å²) in [4.78, 5) is 4.50. The van der Waals surface area contributed by atoms with Gasteiger partial charge in [-0.2, -0.15) is 11.2 Å². The van der Waals surface area contributed by atoms with Gasteiger partial charge in [0.15, 0.2) is 0 Å². The van der Waals surface area contributed by atoms with Gasteiger partial charge < -0.3 is 0 Å². The molecule has 0 aliphatic carbocycles. The fraction of sp³-hybridized carbons (Fsp3) is 0.462. The fourth-order valence-corrected chi connectivity index (χ4v) is 6.70. The fourth-order valence-electron chi connectivity index (χ4n) is 1.49. The first-order chi connectivity index (χ1) is 7.47. The molecule has 0 aromatic heterocycles. The summed E-state index contributed by atoms with van der Waals surface area (Å²) in [5.41, 5.74) is 1.19. The zero-order chi connectivity index (χ0) is 12.0. The Bertz CT molecular complexity index is 330. The topological polar surface area (TPSA) is 12.4 Å². The van der Waals surface area contributed by atoms with Crippen molar-refractivity contribution in [3.05, 3.63) is 35.9 Å². The molecule has 0 N–H and O–H groups in total. The van der Waals surface area contributed by atoms with Crippen LogP contribution in [0.2, 0.25) is 19.6 Å². The van der Waals surface area contributed by atoms with Crippen LogP contribution >= 0.6 is 11.2 Å². The largest absolute Gasteiger partial charge is 0.291 e. The second-order valence-electron chi connectivity index (χ2n) is 4.95. The number of rotatable bonds is 5. The van der Waals surface area contributed by atoms with Crippen molar-refractivity contribution in [2.45, 2.75) is 31.8 Å². The summed E-state index contributed by atoms with van der Waals surface area (Å²) in [5.74, 6) is 0. The molecule has 0 aliphatic rings. The molecule has 1 unspecified atom stereocenters. The quantitative estimate of drug-likeness (QED) is 0.568. The SMILES string of the molecule is CC(CN=Cc1ccccc1)S[Si](C)(C)C. The lowest BCUT2D eigenvalue weighted by molar-refractivity contribution is 0.961. The van der Waals surface area contributed by atoms with Crippen molar-refractivity contribution in [3.63, 3.8) is 0 Å². The van der Waals surface area contributed by atoms with Crippen LogP contribution in [0.5, 0.6) is 0 Å². The van der Waals surface area contributed by atoms with E-state index in [9.17, 15) is 0 Å². The van der Waals surface area contributed by atoms with E-state index in [1.54, 1.807) is 0 Å². The number of hydrogen-bond acceptors (Lipinski definition) is 2. The van der Waals surface area contributed by atoms with Gasteiger partial charge in [-0.1, -0.05) is 56.9 Å². The lowest BCUT2D eigenvalue weighted by Crippen LogP contribution is -2.20. The predicted octanol–water partition coefficient (Wildman–Crippen LogP) is 4.06. The third-order valence-corrected chi connectivity index (χ3v) is 6.54. The molecule has 0 bridgehead atoms. The Kier molecular flexibility index (Phi) is 5.29. The highest BCUT2D eigenvalue weighted by Crippen LogP contribution is 2.24. The molecule has 1 aromatic carbocycles. The van der Waals surface area contributed by atoms with E-state index in [4.69, 9.17) is 0 Å². The molecule has 3 heteroatoms. The molecule has 1 rings (SSSR count). The van der Waals surface area contributed by atoms with Gasteiger partial charge in [0.1, 0.15) is 7.22 Å². The van der Waals surface area contributed by atoms with Crippen LogP contribution in [0.25, 0.3) is 0 Å². The average Bonchev–Trinajstić information content (AvgIpc) is 2.16. The zero-order valence-corrected chi connectivity index (χ0v) is 12.4. The molecule has 1 nitrogen and oxygen atoms in total. The van der Waals surface area contributed by atoms with Crippen LogP contribution in [-0.4, -0.2) is 25.2 Å². The minimum absolute atomic E-state index is 0.631. The number of aliphatic imine (C=N–C) groups is 1. The maximum absolute atomic E-state index is 4.50. The first-order valence-corrected chi connectivity index (χ1v) is 10.8. The van der Waals surface area contributed by atoms with Gasteiger partial charge >= 0.3 is 0 Å². The molecular weight excluding hydrogens is 230 g/mol. The van der Waals surface area contributed by atoms with E-state index in [2.05, 4.69) is 54.9 Å². The normalized spacial score (nSPS) is 14.2. The zero-order valence-electron chi connectivity index (χ0n) is 10.6. The van der Waals surface area contributed by atoms with Gasteiger partial charge in [0.25, 0.3) is 0 Å². The Hall–Kier alpha value is -0.543. The van der Waals surface area contributed by atoms with Crippen molar-refractivity contribution in [3.8, 4) is 0 Å². The molecule has 1 aromatic rings. The minimum Gasteiger partial charge on any atom is -0.291 e. The molecule has 1 atom stereocenters. The maximum Gasteiger partial charge on any atom is 0.108 e. The molecular formula is C13H21NSSi. The van der Waals surface area contributed by atoms with E-state index in [0.29, 0.717) is 5.25 Å². The van der Waals surface area contributed by atoms with E-state index in [-0.39, 0.29) is 0 Å². The molecule has 0 spiro atoms. The second-order valence-corrected chi connectivity index (χ2v) is 14.6. The number of benzene rings is 1. The van der Waals surface area contributed by atoms with Crippen molar-refractivity contribution >= 4 is 24.6 Å². The van der Waals surface area contributed by atoms with Gasteiger partial charge in [0, 0.05) is 11.5 Å². The highest BCUT2D eigenvalue weighted by molar-refractivity contribution is 8.29. The van der Waals surface area contributed by atoms with Crippen molar-refractivity contribution in [1.29, 1.82) is 0 Å². The second kappa shape index (κ2) is 6.26. The van der Waals surface area contributed by atoms with Crippen molar-refractivity contribution in [1.82, 2.24) is 0 Å². The van der Waals surface area contributed by atoms with Gasteiger partial charge in [-0.3, -0.25) is 4.99 Å². The van der Waals surface area contributed by atoms with Crippen LogP contribution in [0.1, 0.15) is 12.5 Å². The van der Waals surface area contributed by atoms with E-state index in [1.165, 1.54) is 5.56 Å². The van der Waals surface area contributed by atoms with Gasteiger partial charge in [0.05, 0.1) is 6.54 Å². The summed E-state index contributed by atoms with van der Waals surface area (Å²) < 4.78 is 0. The lowest BCUT2D eigenvalue weighted by Gasteiger charge is -2.19. The van der Waals surface area contributed by atoms with E-state index in [0.717, 1.165) is 6.54 Å². The monoisotopic (exact) mass is 251 g/mol. The third kappa shape index (κ3) is 6.13. The van der Waals surface area contributed by atoms with Crippen LogP contribution in [0, 0.1) is 0 Å². The lowest BCUT2D eigenvalue weighted by atomic mass is 10.2. The van der Waals surface area contributed by atoms with Crippen molar-refractivity contribution in [2.75, 3.05) is 6.54 Å². The molecule has 0 radical (unpaired) electrons.